The van der Waals surface area contributed by atoms with Crippen molar-refractivity contribution < 1.29 is 4.74 Å². The molecule has 1 N–H and O–H groups in total. The maximum atomic E-state index is 5.36. The first-order valence-corrected chi connectivity index (χ1v) is 7.25. The number of benzene rings is 2. The van der Waals surface area contributed by atoms with Crippen LogP contribution in [0, 0.1) is 0 Å². The molecule has 2 aromatic carbocycles. The maximum Gasteiger partial charge on any atom is 0.132 e. The fraction of sp³-hybridized carbons (Fsp3) is 0.250. The molecule has 0 saturated carbocycles. The highest BCUT2D eigenvalue weighted by Gasteiger charge is 2.03. The van der Waals surface area contributed by atoms with E-state index in [2.05, 4.69) is 42.6 Å². The van der Waals surface area contributed by atoms with Gasteiger partial charge in [0.05, 0.1) is 12.0 Å². The zero-order valence-corrected chi connectivity index (χ0v) is 12.2. The van der Waals surface area contributed by atoms with Gasteiger partial charge in [-0.1, -0.05) is 43.0 Å². The second-order valence-electron chi connectivity index (χ2n) is 4.18. The lowest BCUT2D eigenvalue weighted by Crippen LogP contribution is -2.11. The van der Waals surface area contributed by atoms with Crippen LogP contribution in [0.1, 0.15) is 12.5 Å². The molecule has 0 aromatic heterocycles. The van der Waals surface area contributed by atoms with E-state index in [4.69, 9.17) is 4.74 Å². The molecule has 0 aliphatic rings. The summed E-state index contributed by atoms with van der Waals surface area (Å²) in [6.07, 6.45) is 0. The minimum absolute atomic E-state index is 0.921. The lowest BCUT2D eigenvalue weighted by atomic mass is 10.2. The quantitative estimate of drug-likeness (QED) is 0.861. The Hall–Kier alpha value is -1.45. The highest BCUT2D eigenvalue weighted by Crippen LogP contribution is 2.34. The summed E-state index contributed by atoms with van der Waals surface area (Å²) in [7, 11) is 1.71. The Morgan fingerprint density at radius 2 is 1.79 bits per heavy atom. The first kappa shape index (κ1) is 14.0. The van der Waals surface area contributed by atoms with Crippen LogP contribution in [-0.2, 0) is 6.54 Å². The van der Waals surface area contributed by atoms with E-state index in [1.165, 1.54) is 10.5 Å². The van der Waals surface area contributed by atoms with E-state index in [1.807, 2.05) is 18.2 Å². The number of ether oxygens (including phenoxy) is 1. The van der Waals surface area contributed by atoms with E-state index in [9.17, 15) is 0 Å². The molecule has 0 radical (unpaired) electrons. The summed E-state index contributed by atoms with van der Waals surface area (Å²) in [5.41, 5.74) is 1.31. The Balaban J connectivity index is 2.06. The average molecular weight is 273 g/mol. The maximum absolute atomic E-state index is 5.36. The van der Waals surface area contributed by atoms with Gasteiger partial charge >= 0.3 is 0 Å². The van der Waals surface area contributed by atoms with Crippen LogP contribution in [0.5, 0.6) is 5.75 Å². The number of methoxy groups -OCH3 is 1. The van der Waals surface area contributed by atoms with Crippen molar-refractivity contribution in [3.63, 3.8) is 0 Å². The molecule has 0 aliphatic heterocycles. The summed E-state index contributed by atoms with van der Waals surface area (Å²) in [6, 6.07) is 16.7. The Morgan fingerprint density at radius 3 is 2.47 bits per heavy atom. The van der Waals surface area contributed by atoms with E-state index >= 15 is 0 Å². The molecule has 0 saturated heterocycles. The zero-order chi connectivity index (χ0) is 13.5. The van der Waals surface area contributed by atoms with E-state index in [-0.39, 0.29) is 0 Å². The predicted molar refractivity (Wildman–Crippen MR) is 80.9 cm³/mol. The molecule has 2 rings (SSSR count). The molecule has 0 bridgehead atoms. The number of para-hydroxylation sites is 1. The van der Waals surface area contributed by atoms with Crippen molar-refractivity contribution in [2.75, 3.05) is 13.7 Å². The molecule has 2 aromatic rings. The van der Waals surface area contributed by atoms with Crippen LogP contribution in [0.4, 0.5) is 0 Å². The predicted octanol–water partition coefficient (Wildman–Crippen LogP) is 3.96. The molecule has 0 spiro atoms. The summed E-state index contributed by atoms with van der Waals surface area (Å²) in [4.78, 5) is 2.37. The SMILES string of the molecule is CCNCc1ccc(Sc2ccccc2OC)cc1. The van der Waals surface area contributed by atoms with E-state index in [0.717, 1.165) is 23.7 Å². The lowest BCUT2D eigenvalue weighted by Gasteiger charge is -2.08. The Kier molecular flexibility index (Phi) is 5.31. The normalized spacial score (nSPS) is 10.4. The van der Waals surface area contributed by atoms with Gasteiger partial charge in [-0.15, -0.1) is 0 Å². The van der Waals surface area contributed by atoms with E-state index < -0.39 is 0 Å². The van der Waals surface area contributed by atoms with Crippen LogP contribution in [-0.4, -0.2) is 13.7 Å². The molecule has 0 aliphatic carbocycles. The lowest BCUT2D eigenvalue weighted by molar-refractivity contribution is 0.405. The summed E-state index contributed by atoms with van der Waals surface area (Å²) in [6.45, 7) is 4.04. The van der Waals surface area contributed by atoms with Gasteiger partial charge in [0.1, 0.15) is 5.75 Å². The second kappa shape index (κ2) is 7.22. The first-order chi connectivity index (χ1) is 9.33. The van der Waals surface area contributed by atoms with Gasteiger partial charge in [-0.25, -0.2) is 0 Å². The number of nitrogens with one attached hydrogen (secondary N) is 1. The molecule has 2 nitrogen and oxygen atoms in total. The Morgan fingerprint density at radius 1 is 1.05 bits per heavy atom. The van der Waals surface area contributed by atoms with Crippen molar-refractivity contribution in [3.8, 4) is 5.75 Å². The Labute approximate surface area is 119 Å². The smallest absolute Gasteiger partial charge is 0.132 e. The molecular formula is C16H19NOS. The summed E-state index contributed by atoms with van der Waals surface area (Å²) >= 11 is 1.73. The Bertz CT molecular complexity index is 510. The molecule has 19 heavy (non-hydrogen) atoms. The van der Waals surface area contributed by atoms with Crippen molar-refractivity contribution in [2.24, 2.45) is 0 Å². The highest BCUT2D eigenvalue weighted by molar-refractivity contribution is 7.99. The summed E-state index contributed by atoms with van der Waals surface area (Å²) in [5, 5.41) is 3.33. The minimum Gasteiger partial charge on any atom is -0.496 e. The fourth-order valence-corrected chi connectivity index (χ4v) is 2.70. The number of hydrogen-bond acceptors (Lipinski definition) is 3. The molecule has 0 atom stereocenters. The number of hydrogen-bond donors (Lipinski definition) is 1. The first-order valence-electron chi connectivity index (χ1n) is 6.44. The standard InChI is InChI=1S/C16H19NOS/c1-3-17-12-13-8-10-14(11-9-13)19-16-7-5-4-6-15(16)18-2/h4-11,17H,3,12H2,1-2H3. The number of rotatable bonds is 6. The van der Waals surface area contributed by atoms with Crippen LogP contribution in [0.15, 0.2) is 58.3 Å². The van der Waals surface area contributed by atoms with Gasteiger partial charge in [0.25, 0.3) is 0 Å². The third-order valence-corrected chi connectivity index (χ3v) is 3.86. The van der Waals surface area contributed by atoms with Gasteiger partial charge in [-0.3, -0.25) is 0 Å². The van der Waals surface area contributed by atoms with E-state index in [0.29, 0.717) is 0 Å². The van der Waals surface area contributed by atoms with Gasteiger partial charge in [-0.2, -0.15) is 0 Å². The van der Waals surface area contributed by atoms with E-state index in [1.54, 1.807) is 18.9 Å². The third kappa shape index (κ3) is 4.01. The second-order valence-corrected chi connectivity index (χ2v) is 5.29. The van der Waals surface area contributed by atoms with Crippen LogP contribution < -0.4 is 10.1 Å². The van der Waals surface area contributed by atoms with Crippen molar-refractivity contribution in [2.45, 2.75) is 23.3 Å². The van der Waals surface area contributed by atoms with Crippen molar-refractivity contribution in [3.05, 3.63) is 54.1 Å². The van der Waals surface area contributed by atoms with Crippen molar-refractivity contribution in [1.82, 2.24) is 5.32 Å². The highest BCUT2D eigenvalue weighted by atomic mass is 32.2. The average Bonchev–Trinajstić information content (AvgIpc) is 2.47. The third-order valence-electron chi connectivity index (χ3n) is 2.80. The molecule has 100 valence electrons. The molecule has 0 unspecified atom stereocenters. The van der Waals surface area contributed by atoms with Crippen LogP contribution >= 0.6 is 11.8 Å². The summed E-state index contributed by atoms with van der Waals surface area (Å²) < 4.78 is 5.36. The fourth-order valence-electron chi connectivity index (χ4n) is 1.77. The molecule has 0 heterocycles. The van der Waals surface area contributed by atoms with Crippen LogP contribution in [0.3, 0.4) is 0 Å². The largest absolute Gasteiger partial charge is 0.496 e. The molecule has 3 heteroatoms. The van der Waals surface area contributed by atoms with Crippen LogP contribution in [0.25, 0.3) is 0 Å². The van der Waals surface area contributed by atoms with Crippen molar-refractivity contribution in [1.29, 1.82) is 0 Å². The molecular weight excluding hydrogens is 254 g/mol. The van der Waals surface area contributed by atoms with Gasteiger partial charge in [-0.05, 0) is 36.4 Å². The topological polar surface area (TPSA) is 21.3 Å². The minimum atomic E-state index is 0.921. The molecule has 0 fully saturated rings. The van der Waals surface area contributed by atoms with Gasteiger partial charge in [0.15, 0.2) is 0 Å². The van der Waals surface area contributed by atoms with Gasteiger partial charge in [0.2, 0.25) is 0 Å². The molecule has 0 amide bonds. The van der Waals surface area contributed by atoms with Crippen molar-refractivity contribution >= 4 is 11.8 Å². The summed E-state index contributed by atoms with van der Waals surface area (Å²) in [5.74, 6) is 0.921. The van der Waals surface area contributed by atoms with Gasteiger partial charge < -0.3 is 10.1 Å². The van der Waals surface area contributed by atoms with Crippen LogP contribution in [0.2, 0.25) is 0 Å². The zero-order valence-electron chi connectivity index (χ0n) is 11.3. The monoisotopic (exact) mass is 273 g/mol. The van der Waals surface area contributed by atoms with Gasteiger partial charge in [0, 0.05) is 11.4 Å².